The highest BCUT2D eigenvalue weighted by atomic mass is 19.1. The molecule has 0 aliphatic heterocycles. The van der Waals surface area contributed by atoms with E-state index >= 15 is 0 Å². The first kappa shape index (κ1) is 18.9. The van der Waals surface area contributed by atoms with Crippen LogP contribution in [0.25, 0.3) is 0 Å². The summed E-state index contributed by atoms with van der Waals surface area (Å²) >= 11 is 0. The summed E-state index contributed by atoms with van der Waals surface area (Å²) in [6, 6.07) is 11.4. The number of carbonyl (C=O) groups excluding carboxylic acids is 3. The maximum Gasteiger partial charge on any atom is 0.338 e. The van der Waals surface area contributed by atoms with Crippen molar-refractivity contribution in [2.75, 3.05) is 11.9 Å². The number of rotatable bonds is 7. The number of hydrogen-bond acceptors (Lipinski definition) is 5. The van der Waals surface area contributed by atoms with E-state index < -0.39 is 29.7 Å². The van der Waals surface area contributed by atoms with Crippen LogP contribution in [0, 0.1) is 5.82 Å². The zero-order valence-electron chi connectivity index (χ0n) is 13.9. The Kier molecular flexibility index (Phi) is 6.26. The summed E-state index contributed by atoms with van der Waals surface area (Å²) in [6.07, 6.45) is -1.13. The van der Waals surface area contributed by atoms with E-state index in [2.05, 4.69) is 5.32 Å². The maximum atomic E-state index is 13.5. The van der Waals surface area contributed by atoms with E-state index in [-0.39, 0.29) is 17.9 Å². The van der Waals surface area contributed by atoms with E-state index in [4.69, 9.17) is 15.2 Å². The normalized spacial score (nSPS) is 11.3. The summed E-state index contributed by atoms with van der Waals surface area (Å²) in [4.78, 5) is 34.7. The van der Waals surface area contributed by atoms with Crippen LogP contribution in [-0.4, -0.2) is 30.5 Å². The summed E-state index contributed by atoms with van der Waals surface area (Å²) in [5.41, 5.74) is 5.15. The molecule has 0 saturated heterocycles. The molecule has 8 heteroatoms. The third-order valence-corrected chi connectivity index (χ3v) is 3.26. The molecule has 0 aliphatic rings. The van der Waals surface area contributed by atoms with Gasteiger partial charge in [0, 0.05) is 0 Å². The van der Waals surface area contributed by atoms with Gasteiger partial charge in [-0.1, -0.05) is 12.1 Å². The highest BCUT2D eigenvalue weighted by Crippen LogP contribution is 2.15. The number of benzene rings is 2. The molecule has 1 atom stereocenters. The van der Waals surface area contributed by atoms with Gasteiger partial charge in [-0.25, -0.2) is 9.18 Å². The molecule has 0 aliphatic carbocycles. The summed E-state index contributed by atoms with van der Waals surface area (Å²) in [7, 11) is 0. The second-order valence-corrected chi connectivity index (χ2v) is 5.30. The monoisotopic (exact) mass is 360 g/mol. The molecule has 2 rings (SSSR count). The van der Waals surface area contributed by atoms with Crippen LogP contribution in [0.15, 0.2) is 48.5 Å². The molecule has 0 fully saturated rings. The van der Waals surface area contributed by atoms with E-state index in [9.17, 15) is 18.8 Å². The highest BCUT2D eigenvalue weighted by molar-refractivity contribution is 5.97. The van der Waals surface area contributed by atoms with Crippen molar-refractivity contribution in [3.63, 3.8) is 0 Å². The van der Waals surface area contributed by atoms with Crippen LogP contribution in [0.1, 0.15) is 17.3 Å². The topological polar surface area (TPSA) is 108 Å². The first-order valence-electron chi connectivity index (χ1n) is 7.64. The lowest BCUT2D eigenvalue weighted by molar-refractivity contribution is -0.123. The Morgan fingerprint density at radius 1 is 1.12 bits per heavy atom. The van der Waals surface area contributed by atoms with Gasteiger partial charge in [0.1, 0.15) is 11.6 Å². The van der Waals surface area contributed by atoms with Gasteiger partial charge in [-0.2, -0.15) is 0 Å². The molecule has 2 aromatic carbocycles. The van der Waals surface area contributed by atoms with Crippen molar-refractivity contribution in [3.05, 3.63) is 59.9 Å². The number of amides is 2. The predicted molar refractivity (Wildman–Crippen MR) is 91.0 cm³/mol. The van der Waals surface area contributed by atoms with Gasteiger partial charge in [-0.15, -0.1) is 0 Å². The molecule has 0 unspecified atom stereocenters. The van der Waals surface area contributed by atoms with Gasteiger partial charge in [-0.05, 0) is 43.3 Å². The largest absolute Gasteiger partial charge is 0.484 e. The number of hydrogen-bond donors (Lipinski definition) is 2. The Morgan fingerprint density at radius 2 is 1.77 bits per heavy atom. The molecule has 0 spiro atoms. The molecule has 0 heterocycles. The van der Waals surface area contributed by atoms with E-state index in [0.29, 0.717) is 5.75 Å². The minimum Gasteiger partial charge on any atom is -0.484 e. The fourth-order valence-corrected chi connectivity index (χ4v) is 1.92. The van der Waals surface area contributed by atoms with Gasteiger partial charge >= 0.3 is 5.97 Å². The Bertz CT molecular complexity index is 807. The van der Waals surface area contributed by atoms with E-state index in [0.717, 1.165) is 0 Å². The third kappa shape index (κ3) is 5.30. The van der Waals surface area contributed by atoms with E-state index in [1.54, 1.807) is 6.07 Å². The van der Waals surface area contributed by atoms with Crippen LogP contribution >= 0.6 is 0 Å². The molecule has 7 nitrogen and oxygen atoms in total. The third-order valence-electron chi connectivity index (χ3n) is 3.26. The molecule has 136 valence electrons. The van der Waals surface area contributed by atoms with Gasteiger partial charge in [0.2, 0.25) is 0 Å². The maximum absolute atomic E-state index is 13.5. The van der Waals surface area contributed by atoms with Crippen molar-refractivity contribution >= 4 is 23.5 Å². The lowest BCUT2D eigenvalue weighted by atomic mass is 10.2. The smallest absolute Gasteiger partial charge is 0.338 e. The van der Waals surface area contributed by atoms with Gasteiger partial charge in [0.05, 0.1) is 11.3 Å². The van der Waals surface area contributed by atoms with Gasteiger partial charge in [-0.3, -0.25) is 9.59 Å². The summed E-state index contributed by atoms with van der Waals surface area (Å²) in [5.74, 6) is -2.26. The predicted octanol–water partition coefficient (Wildman–Crippen LogP) is 1.87. The fraction of sp³-hybridized carbons (Fsp3) is 0.167. The number of esters is 1. The number of primary amides is 1. The van der Waals surface area contributed by atoms with Crippen LogP contribution < -0.4 is 15.8 Å². The SMILES string of the molecule is C[C@H](OC(=O)c1ccc(OCC(N)=O)cc1)C(=O)Nc1ccccc1F. The first-order chi connectivity index (χ1) is 12.4. The number of para-hydroxylation sites is 1. The number of halogens is 1. The number of nitrogens with one attached hydrogen (secondary N) is 1. The molecular formula is C18H17FN2O5. The molecular weight excluding hydrogens is 343 g/mol. The molecule has 26 heavy (non-hydrogen) atoms. The van der Waals surface area contributed by atoms with Crippen molar-refractivity contribution < 1.29 is 28.2 Å². The average molecular weight is 360 g/mol. The zero-order valence-corrected chi connectivity index (χ0v) is 13.9. The van der Waals surface area contributed by atoms with Crippen LogP contribution in [0.4, 0.5) is 10.1 Å². The molecule has 2 amide bonds. The second-order valence-electron chi connectivity index (χ2n) is 5.30. The minimum absolute atomic E-state index is 0.00338. The molecule has 2 aromatic rings. The molecule has 0 aromatic heterocycles. The quantitative estimate of drug-likeness (QED) is 0.733. The van der Waals surface area contributed by atoms with Crippen molar-refractivity contribution in [2.45, 2.75) is 13.0 Å². The molecule has 3 N–H and O–H groups in total. The Balaban J connectivity index is 1.92. The molecule has 0 saturated carbocycles. The van der Waals surface area contributed by atoms with Crippen LogP contribution in [0.2, 0.25) is 0 Å². The standard InChI is InChI=1S/C18H17FN2O5/c1-11(17(23)21-15-5-3-2-4-14(15)19)26-18(24)12-6-8-13(9-7-12)25-10-16(20)22/h2-9,11H,10H2,1H3,(H2,20,22)(H,21,23)/t11-/m0/s1. The van der Waals surface area contributed by atoms with Crippen LogP contribution in [-0.2, 0) is 14.3 Å². The Hall–Kier alpha value is -3.42. The van der Waals surface area contributed by atoms with Crippen LogP contribution in [0.5, 0.6) is 5.75 Å². The number of nitrogens with two attached hydrogens (primary N) is 1. The summed E-state index contributed by atoms with van der Waals surface area (Å²) in [5, 5.41) is 2.35. The lowest BCUT2D eigenvalue weighted by Crippen LogP contribution is -2.30. The van der Waals surface area contributed by atoms with Gasteiger partial charge < -0.3 is 20.5 Å². The van der Waals surface area contributed by atoms with Gasteiger partial charge in [0.25, 0.3) is 11.8 Å². The Morgan fingerprint density at radius 3 is 2.38 bits per heavy atom. The zero-order chi connectivity index (χ0) is 19.1. The van der Waals surface area contributed by atoms with Crippen molar-refractivity contribution in [1.82, 2.24) is 0 Å². The fourth-order valence-electron chi connectivity index (χ4n) is 1.92. The molecule has 0 radical (unpaired) electrons. The average Bonchev–Trinajstić information content (AvgIpc) is 2.62. The summed E-state index contributed by atoms with van der Waals surface area (Å²) < 4.78 is 23.7. The van der Waals surface area contributed by atoms with Gasteiger partial charge in [0.15, 0.2) is 12.7 Å². The van der Waals surface area contributed by atoms with Crippen molar-refractivity contribution in [3.8, 4) is 5.75 Å². The first-order valence-corrected chi connectivity index (χ1v) is 7.64. The Labute approximate surface area is 148 Å². The van der Waals surface area contributed by atoms with E-state index in [1.807, 2.05) is 0 Å². The number of carbonyl (C=O) groups is 3. The van der Waals surface area contributed by atoms with Crippen LogP contribution in [0.3, 0.4) is 0 Å². The summed E-state index contributed by atoms with van der Waals surface area (Å²) in [6.45, 7) is 1.09. The second kappa shape index (κ2) is 8.61. The van der Waals surface area contributed by atoms with Crippen molar-refractivity contribution in [1.29, 1.82) is 0 Å². The minimum atomic E-state index is -1.13. The number of ether oxygens (including phenoxy) is 2. The van der Waals surface area contributed by atoms with E-state index in [1.165, 1.54) is 49.4 Å². The highest BCUT2D eigenvalue weighted by Gasteiger charge is 2.20. The van der Waals surface area contributed by atoms with Crippen molar-refractivity contribution in [2.24, 2.45) is 5.73 Å². The lowest BCUT2D eigenvalue weighted by Gasteiger charge is -2.14. The number of anilines is 1. The molecule has 0 bridgehead atoms.